The Morgan fingerprint density at radius 2 is 1.22 bits per heavy atom. The molecular weight excluding hydrogens is 294 g/mol. The second kappa shape index (κ2) is 6.47. The van der Waals surface area contributed by atoms with Crippen LogP contribution in [0.15, 0.2) is 91.5 Å². The Morgan fingerprint density at radius 1 is 0.739 bits per heavy atom. The van der Waals surface area contributed by atoms with Gasteiger partial charge in [0.15, 0.2) is 0 Å². The zero-order chi connectivity index (χ0) is 16.1. The molecule has 0 bridgehead atoms. The number of hydrogen-bond acceptors (Lipinski definition) is 1. The Morgan fingerprint density at radius 3 is 1.70 bits per heavy atom. The first-order valence-corrected chi connectivity index (χ1v) is 9.57. The summed E-state index contributed by atoms with van der Waals surface area (Å²) in [6.45, 7) is 3.94. The molecule has 3 rings (SSSR count). The van der Waals surface area contributed by atoms with Crippen molar-refractivity contribution in [3.8, 4) is 5.69 Å². The van der Waals surface area contributed by atoms with Gasteiger partial charge in [-0.25, -0.2) is 5.26 Å². The summed E-state index contributed by atoms with van der Waals surface area (Å²) in [4.78, 5) is 0. The third kappa shape index (κ3) is 2.52. The lowest BCUT2D eigenvalue weighted by Crippen LogP contribution is -2.67. The van der Waals surface area contributed by atoms with Crippen LogP contribution in [-0.4, -0.2) is 8.07 Å². The maximum Gasteiger partial charge on any atom is 0.265 e. The minimum absolute atomic E-state index is 1.04. The summed E-state index contributed by atoms with van der Waals surface area (Å²) < 4.78 is 0. The van der Waals surface area contributed by atoms with Crippen molar-refractivity contribution in [1.82, 2.24) is 0 Å². The van der Waals surface area contributed by atoms with Gasteiger partial charge in [-0.2, -0.15) is 0 Å². The first kappa shape index (κ1) is 15.0. The molecule has 0 aromatic heterocycles. The largest absolute Gasteiger partial charge is 0.265 e. The van der Waals surface area contributed by atoms with Crippen LogP contribution in [0.1, 0.15) is 5.56 Å². The van der Waals surface area contributed by atoms with Crippen molar-refractivity contribution >= 4 is 29.7 Å². The standard InChI is InChI=1S/C21H17NSi/c1-2-18-11-9-10-16-21(18)23(17-22,19-12-5-3-6-13-19)20-14-7-4-8-15-20/h2-16H,1H2. The van der Waals surface area contributed by atoms with Gasteiger partial charge in [0.2, 0.25) is 0 Å². The molecule has 0 aliphatic carbocycles. The Labute approximate surface area is 138 Å². The maximum absolute atomic E-state index is 10.3. The second-order valence-electron chi connectivity index (χ2n) is 5.39. The van der Waals surface area contributed by atoms with Gasteiger partial charge in [0.25, 0.3) is 8.07 Å². The number of nitrogens with zero attached hydrogens (tertiary/aromatic N) is 1. The van der Waals surface area contributed by atoms with Crippen LogP contribution in [0.3, 0.4) is 0 Å². The summed E-state index contributed by atoms with van der Waals surface area (Å²) in [5.41, 5.74) is 3.77. The molecule has 3 aromatic rings. The first-order chi connectivity index (χ1) is 11.3. The highest BCUT2D eigenvalue weighted by Gasteiger charge is 2.41. The van der Waals surface area contributed by atoms with Crippen molar-refractivity contribution in [2.45, 2.75) is 0 Å². The van der Waals surface area contributed by atoms with E-state index in [4.69, 9.17) is 0 Å². The molecule has 0 aliphatic heterocycles. The van der Waals surface area contributed by atoms with Crippen molar-refractivity contribution in [3.63, 3.8) is 0 Å². The van der Waals surface area contributed by atoms with Crippen LogP contribution in [0.5, 0.6) is 0 Å². The normalized spacial score (nSPS) is 10.7. The highest BCUT2D eigenvalue weighted by molar-refractivity contribution is 7.16. The molecule has 1 nitrogen and oxygen atoms in total. The lowest BCUT2D eigenvalue weighted by Gasteiger charge is -2.27. The van der Waals surface area contributed by atoms with E-state index in [1.54, 1.807) is 0 Å². The van der Waals surface area contributed by atoms with E-state index in [0.717, 1.165) is 21.1 Å². The van der Waals surface area contributed by atoms with Gasteiger partial charge in [0.05, 0.1) is 0 Å². The van der Waals surface area contributed by atoms with E-state index in [-0.39, 0.29) is 0 Å². The molecule has 0 spiro atoms. The van der Waals surface area contributed by atoms with Crippen LogP contribution in [-0.2, 0) is 0 Å². The molecular formula is C21H17NSi. The van der Waals surface area contributed by atoms with Crippen molar-refractivity contribution in [2.75, 3.05) is 0 Å². The molecule has 0 aliphatic rings. The van der Waals surface area contributed by atoms with E-state index in [0.29, 0.717) is 0 Å². The Kier molecular flexibility index (Phi) is 4.23. The number of hydrogen-bond donors (Lipinski definition) is 0. The molecule has 0 fully saturated rings. The second-order valence-corrected chi connectivity index (χ2v) is 8.80. The average Bonchev–Trinajstić information content (AvgIpc) is 2.65. The van der Waals surface area contributed by atoms with Crippen molar-refractivity contribution in [2.24, 2.45) is 0 Å². The molecule has 0 unspecified atom stereocenters. The summed E-state index contributed by atoms with van der Waals surface area (Å²) in [6.07, 6.45) is 1.85. The minimum Gasteiger partial charge on any atom is -0.205 e. The SMILES string of the molecule is C=Cc1ccccc1[Si](C#N)(c1ccccc1)c1ccccc1. The van der Waals surface area contributed by atoms with Crippen LogP contribution >= 0.6 is 0 Å². The van der Waals surface area contributed by atoms with Gasteiger partial charge in [0.1, 0.15) is 0 Å². The summed E-state index contributed by atoms with van der Waals surface area (Å²) >= 11 is 0. The molecule has 23 heavy (non-hydrogen) atoms. The fourth-order valence-electron chi connectivity index (χ4n) is 3.06. The van der Waals surface area contributed by atoms with E-state index in [1.807, 2.05) is 60.7 Å². The molecule has 0 saturated heterocycles. The van der Waals surface area contributed by atoms with Gasteiger partial charge < -0.3 is 0 Å². The van der Waals surface area contributed by atoms with Crippen molar-refractivity contribution < 1.29 is 0 Å². The van der Waals surface area contributed by atoms with Crippen LogP contribution in [0.2, 0.25) is 0 Å². The summed E-state index contributed by atoms with van der Waals surface area (Å²) in [6, 6.07) is 28.4. The lowest BCUT2D eigenvalue weighted by atomic mass is 10.2. The zero-order valence-corrected chi connectivity index (χ0v) is 13.8. The van der Waals surface area contributed by atoms with Gasteiger partial charge in [-0.05, 0) is 21.1 Å². The van der Waals surface area contributed by atoms with E-state index < -0.39 is 8.07 Å². The van der Waals surface area contributed by atoms with Crippen LogP contribution < -0.4 is 15.6 Å². The maximum atomic E-state index is 10.3. The van der Waals surface area contributed by atoms with Crippen molar-refractivity contribution in [3.05, 3.63) is 97.1 Å². The molecule has 3 aromatic carbocycles. The van der Waals surface area contributed by atoms with Crippen LogP contribution in [0, 0.1) is 11.0 Å². The summed E-state index contributed by atoms with van der Waals surface area (Å²) in [5.74, 6) is 0. The predicted molar refractivity (Wildman–Crippen MR) is 99.7 cm³/mol. The Hall–Kier alpha value is -2.89. The van der Waals surface area contributed by atoms with Gasteiger partial charge in [-0.1, -0.05) is 97.6 Å². The fraction of sp³-hybridized carbons (Fsp3) is 0. The number of benzene rings is 3. The van der Waals surface area contributed by atoms with Crippen molar-refractivity contribution in [1.29, 1.82) is 5.26 Å². The topological polar surface area (TPSA) is 23.8 Å². The minimum atomic E-state index is -2.73. The summed E-state index contributed by atoms with van der Waals surface area (Å²) in [5, 5.41) is 13.6. The molecule has 110 valence electrons. The molecule has 0 N–H and O–H groups in total. The molecule has 0 amide bonds. The molecule has 0 atom stereocenters. The van der Waals surface area contributed by atoms with Gasteiger partial charge in [0, 0.05) is 5.69 Å². The highest BCUT2D eigenvalue weighted by Crippen LogP contribution is 2.10. The van der Waals surface area contributed by atoms with Gasteiger partial charge >= 0.3 is 0 Å². The third-order valence-electron chi connectivity index (χ3n) is 4.17. The smallest absolute Gasteiger partial charge is 0.205 e. The molecule has 0 heterocycles. The third-order valence-corrected chi connectivity index (χ3v) is 8.16. The Balaban J connectivity index is 2.40. The zero-order valence-electron chi connectivity index (χ0n) is 12.8. The van der Waals surface area contributed by atoms with Crippen LogP contribution in [0.4, 0.5) is 0 Å². The monoisotopic (exact) mass is 311 g/mol. The molecule has 2 heteroatoms. The van der Waals surface area contributed by atoms with E-state index in [2.05, 4.69) is 42.6 Å². The number of rotatable bonds is 4. The highest BCUT2D eigenvalue weighted by atomic mass is 28.3. The van der Waals surface area contributed by atoms with E-state index in [1.165, 1.54) is 0 Å². The van der Waals surface area contributed by atoms with Gasteiger partial charge in [-0.15, -0.1) is 0 Å². The number of nitriles is 1. The molecule has 0 saturated carbocycles. The first-order valence-electron chi connectivity index (χ1n) is 7.57. The predicted octanol–water partition coefficient (Wildman–Crippen LogP) is 2.86. The van der Waals surface area contributed by atoms with Crippen LogP contribution in [0.25, 0.3) is 6.08 Å². The quantitative estimate of drug-likeness (QED) is 0.537. The average molecular weight is 311 g/mol. The fourth-order valence-corrected chi connectivity index (χ4v) is 6.74. The molecule has 0 radical (unpaired) electrons. The Bertz CT molecular complexity index is 808. The van der Waals surface area contributed by atoms with Gasteiger partial charge in [-0.3, -0.25) is 0 Å². The lowest BCUT2D eigenvalue weighted by molar-refractivity contribution is 1.54. The van der Waals surface area contributed by atoms with E-state index >= 15 is 0 Å². The van der Waals surface area contributed by atoms with E-state index in [9.17, 15) is 5.26 Å². The summed E-state index contributed by atoms with van der Waals surface area (Å²) in [7, 11) is -2.73.